The summed E-state index contributed by atoms with van der Waals surface area (Å²) in [4.78, 5) is 108. The number of fused-ring (bicyclic) bond motifs is 3. The topological polar surface area (TPSA) is 306 Å². The number of anilines is 2. The summed E-state index contributed by atoms with van der Waals surface area (Å²) in [5.74, 6) is 6.56. The van der Waals surface area contributed by atoms with Gasteiger partial charge in [0.25, 0.3) is 28.5 Å². The Morgan fingerprint density at radius 1 is 0.513 bits per heavy atom. The van der Waals surface area contributed by atoms with E-state index in [-0.39, 0.29) is 65.4 Å². The normalized spacial score (nSPS) is 15.4. The van der Waals surface area contributed by atoms with E-state index >= 15 is 0 Å². The third-order valence-corrected chi connectivity index (χ3v) is 23.1. The number of primary amides is 1. The van der Waals surface area contributed by atoms with Crippen molar-refractivity contribution in [3.05, 3.63) is 282 Å². The Hall–Kier alpha value is -12.8. The van der Waals surface area contributed by atoms with E-state index < -0.39 is 5.91 Å². The average molecular weight is 1530 g/mol. The standard InChI is InChI=1S/C32H30N4O4.C29H25ClN4O2.C29H27N5O3/c1-3-5-30(38)35-16-23(17-35)28-13-21-12-20(19-8-9-19)10-11-25(21)32(40)36(28)27-7-4-6-24(26(27)18-37)22-14-29(31(33)39)34(2)15-22;1-2-27(35)33-15-21(16-33)25-13-20-12-18(17-6-7-17)8-9-23(20)29(36)34(25)24-5-3-4-22(28(24)30)19-10-11-32-26(31)14-19;1-2-28(36)33-13-20(14-33)26-11-19-10-18(17-6-7-17)8-9-21(19)29(37)34(26)25-5-3-4-22(23(25)15-35)24-12-27(30)32-16-31-24/h4,6-7,10-15,19,23,37H,8-9,16-18H2,1-2H3,(H2,33,39);2-5,8-14,17,21H,1,6-7,15-16H2,(H2,31,32);2-5,8-12,16-17,20,35H,1,6-7,13-15H2,(H2,30,31,32). The molecule has 113 heavy (non-hydrogen) atoms. The zero-order valence-electron chi connectivity index (χ0n) is 62.4. The molecular formula is C90H82ClN13O9. The Morgan fingerprint density at radius 2 is 0.947 bits per heavy atom. The van der Waals surface area contributed by atoms with Crippen molar-refractivity contribution in [3.63, 3.8) is 0 Å². The SMILES string of the molecule is C=CC(=O)N1CC(c2cc3cc(C4CC4)ccc3c(=O)n2-c2cccc(-c3cc(N)ncn3)c2CO)C1.C=CC(=O)N1CC(c2cc3cc(C4CC4)ccc3c(=O)n2-c2cccc(-c3ccnc(N)c3)c2Cl)C1.CC#CC(=O)N1CC(c2cc3cc(C4CC4)ccc3c(=O)n2-c2cccc(-c3cc(C(N)=O)n(C)c3)c2CO)C1. The zero-order valence-corrected chi connectivity index (χ0v) is 63.2. The molecule has 6 aromatic carbocycles. The highest BCUT2D eigenvalue weighted by molar-refractivity contribution is 6.35. The van der Waals surface area contributed by atoms with Crippen LogP contribution < -0.4 is 33.9 Å². The summed E-state index contributed by atoms with van der Waals surface area (Å²) in [7, 11) is 1.74. The third kappa shape index (κ3) is 14.3. The molecule has 0 spiro atoms. The molecule has 9 heterocycles. The van der Waals surface area contributed by atoms with Crippen LogP contribution in [0.25, 0.3) is 82.9 Å². The van der Waals surface area contributed by atoms with Gasteiger partial charge >= 0.3 is 0 Å². The van der Waals surface area contributed by atoms with Crippen LogP contribution >= 0.6 is 11.6 Å². The predicted octanol–water partition coefficient (Wildman–Crippen LogP) is 12.2. The first-order chi connectivity index (χ1) is 54.7. The number of halogens is 1. The lowest BCUT2D eigenvalue weighted by molar-refractivity contribution is -0.131. The highest BCUT2D eigenvalue weighted by atomic mass is 35.5. The summed E-state index contributed by atoms with van der Waals surface area (Å²) in [6.45, 7) is 11.1. The van der Waals surface area contributed by atoms with Crippen LogP contribution in [0.4, 0.5) is 11.6 Å². The number of nitrogens with two attached hydrogens (primary N) is 3. The second-order valence-corrected chi connectivity index (χ2v) is 30.4. The van der Waals surface area contributed by atoms with E-state index in [1.54, 1.807) is 77.5 Å². The molecule has 4 amide bonds. The molecule has 6 aromatic heterocycles. The van der Waals surface area contributed by atoms with Crippen molar-refractivity contribution in [2.24, 2.45) is 12.8 Å². The number of amides is 4. The first-order valence-electron chi connectivity index (χ1n) is 37.9. The first kappa shape index (κ1) is 74.3. The number of nitrogen functional groups attached to an aromatic ring is 2. The molecule has 3 saturated heterocycles. The molecule has 3 saturated carbocycles. The Balaban J connectivity index is 0.000000128. The van der Waals surface area contributed by atoms with Crippen LogP contribution in [0.15, 0.2) is 210 Å². The van der Waals surface area contributed by atoms with E-state index in [0.29, 0.717) is 146 Å². The molecule has 22 nitrogen and oxygen atoms in total. The zero-order chi connectivity index (χ0) is 78.8. The van der Waals surface area contributed by atoms with Gasteiger partial charge in [-0.15, -0.1) is 0 Å². The Kier molecular flexibility index (Phi) is 20.0. The highest BCUT2D eigenvalue weighted by Gasteiger charge is 2.38. The van der Waals surface area contributed by atoms with E-state index in [1.807, 2.05) is 91.0 Å². The van der Waals surface area contributed by atoms with Crippen molar-refractivity contribution >= 4 is 79.2 Å². The summed E-state index contributed by atoms with van der Waals surface area (Å²) in [6.07, 6.45) is 14.5. The number of benzene rings is 6. The molecule has 8 N–H and O–H groups in total. The van der Waals surface area contributed by atoms with Crippen LogP contribution in [-0.4, -0.2) is 121 Å². The predicted molar refractivity (Wildman–Crippen MR) is 439 cm³/mol. The Morgan fingerprint density at radius 3 is 1.37 bits per heavy atom. The van der Waals surface area contributed by atoms with E-state index in [4.69, 9.17) is 28.8 Å². The minimum atomic E-state index is -0.550. The lowest BCUT2D eigenvalue weighted by atomic mass is 9.92. The van der Waals surface area contributed by atoms with Gasteiger partial charge in [0, 0.05) is 144 Å². The van der Waals surface area contributed by atoms with Gasteiger partial charge in [0.05, 0.1) is 41.0 Å². The van der Waals surface area contributed by atoms with Gasteiger partial charge in [-0.2, -0.15) is 0 Å². The summed E-state index contributed by atoms with van der Waals surface area (Å²) in [5.41, 5.74) is 30.6. The van der Waals surface area contributed by atoms with Crippen LogP contribution in [0.5, 0.6) is 0 Å². The fourth-order valence-corrected chi connectivity index (χ4v) is 16.4. The fraction of sp³-hybridized carbons (Fsp3) is 0.244. The number of carbonyl (C=O) groups excluding carboxylic acids is 4. The van der Waals surface area contributed by atoms with E-state index in [1.165, 1.54) is 60.9 Å². The van der Waals surface area contributed by atoms with Gasteiger partial charge in [0.1, 0.15) is 23.7 Å². The molecule has 6 aliphatic rings. The third-order valence-electron chi connectivity index (χ3n) is 22.7. The largest absolute Gasteiger partial charge is 0.392 e. The Bertz CT molecular complexity index is 6210. The molecule has 0 unspecified atom stereocenters. The molecule has 3 aliphatic carbocycles. The lowest BCUT2D eigenvalue weighted by Crippen LogP contribution is -2.49. The average Bonchev–Trinajstić information content (AvgIpc) is 1.64. The van der Waals surface area contributed by atoms with Crippen LogP contribution in [0, 0.1) is 11.8 Å². The Labute approximate surface area is 655 Å². The van der Waals surface area contributed by atoms with Crippen molar-refractivity contribution in [2.45, 2.75) is 94.2 Å². The van der Waals surface area contributed by atoms with Crippen LogP contribution in [0.3, 0.4) is 0 Å². The van der Waals surface area contributed by atoms with Crippen LogP contribution in [0.1, 0.15) is 136 Å². The monoisotopic (exact) mass is 1520 g/mol. The fourth-order valence-electron chi connectivity index (χ4n) is 16.1. The maximum Gasteiger partial charge on any atom is 0.298 e. The number of carbonyl (C=O) groups is 4. The smallest absolute Gasteiger partial charge is 0.298 e. The van der Waals surface area contributed by atoms with Crippen molar-refractivity contribution in [1.82, 2.24) is 47.9 Å². The number of aryl methyl sites for hydroxylation is 1. The number of hydrogen-bond acceptors (Lipinski definition) is 14. The van der Waals surface area contributed by atoms with Gasteiger partial charge in [0.15, 0.2) is 0 Å². The van der Waals surface area contributed by atoms with Gasteiger partial charge in [-0.3, -0.25) is 47.3 Å². The summed E-state index contributed by atoms with van der Waals surface area (Å²) in [5, 5.41) is 26.1. The second-order valence-electron chi connectivity index (χ2n) is 30.0. The molecular weight excluding hydrogens is 1440 g/mol. The van der Waals surface area contributed by atoms with Crippen LogP contribution in [-0.2, 0) is 34.6 Å². The second kappa shape index (κ2) is 30.5. The van der Waals surface area contributed by atoms with Crippen molar-refractivity contribution in [1.29, 1.82) is 0 Å². The number of likely N-dealkylation sites (tertiary alicyclic amines) is 3. The summed E-state index contributed by atoms with van der Waals surface area (Å²) in [6, 6.07) is 48.1. The molecule has 568 valence electrons. The number of aliphatic hydroxyl groups excluding tert-OH is 2. The van der Waals surface area contributed by atoms with Gasteiger partial charge < -0.3 is 46.7 Å². The molecule has 3 aliphatic heterocycles. The van der Waals surface area contributed by atoms with Crippen molar-refractivity contribution in [3.8, 4) is 62.4 Å². The number of pyridine rings is 4. The first-order valence-corrected chi connectivity index (χ1v) is 38.3. The van der Waals surface area contributed by atoms with E-state index in [0.717, 1.165) is 57.2 Å². The molecule has 0 bridgehead atoms. The quantitative estimate of drug-likeness (QED) is 0.0418. The number of nitrogens with zero attached hydrogens (tertiary/aromatic N) is 10. The molecule has 23 heteroatoms. The summed E-state index contributed by atoms with van der Waals surface area (Å²) < 4.78 is 6.74. The van der Waals surface area contributed by atoms with Gasteiger partial charge in [-0.1, -0.05) is 103 Å². The highest BCUT2D eigenvalue weighted by Crippen LogP contribution is 2.45. The van der Waals surface area contributed by atoms with Crippen molar-refractivity contribution < 1.29 is 29.4 Å². The number of aliphatic hydroxyl groups is 2. The van der Waals surface area contributed by atoms with Gasteiger partial charge in [-0.25, -0.2) is 15.0 Å². The molecule has 18 rings (SSSR count). The molecule has 6 fully saturated rings. The number of aromatic nitrogens is 7. The molecule has 12 aromatic rings. The minimum Gasteiger partial charge on any atom is -0.392 e. The summed E-state index contributed by atoms with van der Waals surface area (Å²) >= 11 is 6.97. The number of rotatable bonds is 17. The molecule has 0 radical (unpaired) electrons. The van der Waals surface area contributed by atoms with Gasteiger partial charge in [0.2, 0.25) is 11.8 Å². The van der Waals surface area contributed by atoms with Crippen LogP contribution in [0.2, 0.25) is 5.02 Å². The molecule has 0 atom stereocenters. The lowest BCUT2D eigenvalue weighted by Gasteiger charge is -2.40. The van der Waals surface area contributed by atoms with Gasteiger partial charge in [-0.05, 0) is 198 Å². The van der Waals surface area contributed by atoms with Crippen molar-refractivity contribution in [2.75, 3.05) is 50.7 Å². The number of hydrogen-bond donors (Lipinski definition) is 5. The maximum absolute atomic E-state index is 14.2. The van der Waals surface area contributed by atoms with E-state index in [9.17, 15) is 43.8 Å². The maximum atomic E-state index is 14.2. The minimum absolute atomic E-state index is 0.00636. The van der Waals surface area contributed by atoms with E-state index in [2.05, 4.69) is 82.4 Å².